The fourth-order valence-corrected chi connectivity index (χ4v) is 3.44. The van der Waals surface area contributed by atoms with Crippen LogP contribution in [0.25, 0.3) is 0 Å². The molecule has 1 amide bonds. The van der Waals surface area contributed by atoms with Crippen LogP contribution in [-0.4, -0.2) is 11.9 Å². The molecule has 120 valence electrons. The molecule has 1 aliphatic rings. The van der Waals surface area contributed by atoms with Gasteiger partial charge in [0.25, 0.3) is 5.91 Å². The molecule has 0 heterocycles. The third-order valence-corrected chi connectivity index (χ3v) is 4.68. The lowest BCUT2D eigenvalue weighted by Crippen LogP contribution is -2.92. The Morgan fingerprint density at radius 2 is 2.09 bits per heavy atom. The second-order valence-corrected chi connectivity index (χ2v) is 6.61. The van der Waals surface area contributed by atoms with E-state index in [4.69, 9.17) is 11.6 Å². The molecule has 0 aromatic heterocycles. The van der Waals surface area contributed by atoms with Gasteiger partial charge >= 0.3 is 0 Å². The van der Waals surface area contributed by atoms with Gasteiger partial charge in [-0.05, 0) is 43.5 Å². The van der Waals surface area contributed by atoms with Gasteiger partial charge in [-0.1, -0.05) is 41.9 Å². The van der Waals surface area contributed by atoms with Crippen LogP contribution in [0.1, 0.15) is 36.9 Å². The number of carbonyl (C=O) groups excluding carboxylic acids is 1. The molecule has 2 atom stereocenters. The third kappa shape index (κ3) is 3.92. The first-order valence-corrected chi connectivity index (χ1v) is 8.50. The predicted molar refractivity (Wildman–Crippen MR) is 93.6 cm³/mol. The number of hydrogen-bond donors (Lipinski definition) is 2. The number of benzene rings is 2. The third-order valence-electron chi connectivity index (χ3n) is 4.44. The summed E-state index contributed by atoms with van der Waals surface area (Å²) in [5, 5.41) is 5.75. The first-order chi connectivity index (χ1) is 11.1. The Hall–Kier alpha value is -1.84. The number of anilines is 1. The number of nitrogens with two attached hydrogens (primary N) is 1. The van der Waals surface area contributed by atoms with Crippen molar-refractivity contribution in [2.45, 2.75) is 38.3 Å². The number of rotatable bonds is 4. The van der Waals surface area contributed by atoms with Gasteiger partial charge in [0, 0.05) is 22.7 Å². The van der Waals surface area contributed by atoms with Crippen molar-refractivity contribution in [3.05, 3.63) is 64.7 Å². The molecule has 0 saturated heterocycles. The molecule has 3 N–H and O–H groups in total. The van der Waals surface area contributed by atoms with Gasteiger partial charge < -0.3 is 10.6 Å². The predicted octanol–water partition coefficient (Wildman–Crippen LogP) is 3.31. The van der Waals surface area contributed by atoms with E-state index in [1.54, 1.807) is 12.1 Å². The van der Waals surface area contributed by atoms with Crippen molar-refractivity contribution >= 4 is 23.2 Å². The summed E-state index contributed by atoms with van der Waals surface area (Å²) < 4.78 is 0. The smallest absolute Gasteiger partial charge is 0.282 e. The zero-order valence-corrected chi connectivity index (χ0v) is 14.0. The highest BCUT2D eigenvalue weighted by Crippen LogP contribution is 2.26. The van der Waals surface area contributed by atoms with Crippen LogP contribution in [0.2, 0.25) is 5.02 Å². The van der Waals surface area contributed by atoms with E-state index in [1.807, 2.05) is 19.1 Å². The topological polar surface area (TPSA) is 45.7 Å². The SMILES string of the molecule is C[C@H]([NH2+][C@@H]1CCCc2ccccc21)C(=O)Nc1cccc(Cl)c1. The molecular formula is C19H22ClN2O+. The quantitative estimate of drug-likeness (QED) is 0.888. The van der Waals surface area contributed by atoms with Gasteiger partial charge in [-0.25, -0.2) is 0 Å². The van der Waals surface area contributed by atoms with Gasteiger partial charge in [-0.3, -0.25) is 4.79 Å². The van der Waals surface area contributed by atoms with Crippen LogP contribution in [0.5, 0.6) is 0 Å². The normalized spacial score (nSPS) is 18.1. The van der Waals surface area contributed by atoms with Crippen LogP contribution in [0, 0.1) is 0 Å². The molecule has 0 unspecified atom stereocenters. The molecular weight excluding hydrogens is 308 g/mol. The fraction of sp³-hybridized carbons (Fsp3) is 0.316. The van der Waals surface area contributed by atoms with Crippen molar-refractivity contribution < 1.29 is 10.1 Å². The van der Waals surface area contributed by atoms with Crippen LogP contribution in [-0.2, 0) is 11.2 Å². The van der Waals surface area contributed by atoms with E-state index in [2.05, 4.69) is 34.9 Å². The largest absolute Gasteiger partial charge is 0.330 e. The van der Waals surface area contributed by atoms with Crippen LogP contribution >= 0.6 is 11.6 Å². The van der Waals surface area contributed by atoms with E-state index in [0.29, 0.717) is 11.1 Å². The molecule has 0 spiro atoms. The van der Waals surface area contributed by atoms with E-state index in [0.717, 1.165) is 18.5 Å². The van der Waals surface area contributed by atoms with Gasteiger partial charge in [0.2, 0.25) is 0 Å². The molecule has 2 aromatic rings. The minimum Gasteiger partial charge on any atom is -0.330 e. The van der Waals surface area contributed by atoms with Crippen LogP contribution in [0.3, 0.4) is 0 Å². The van der Waals surface area contributed by atoms with Crippen molar-refractivity contribution in [1.82, 2.24) is 0 Å². The molecule has 0 radical (unpaired) electrons. The van der Waals surface area contributed by atoms with Gasteiger partial charge in [-0.2, -0.15) is 0 Å². The maximum absolute atomic E-state index is 12.4. The summed E-state index contributed by atoms with van der Waals surface area (Å²) >= 11 is 5.96. The molecule has 0 fully saturated rings. The van der Waals surface area contributed by atoms with Gasteiger partial charge in [-0.15, -0.1) is 0 Å². The molecule has 23 heavy (non-hydrogen) atoms. The van der Waals surface area contributed by atoms with E-state index >= 15 is 0 Å². The van der Waals surface area contributed by atoms with Gasteiger partial charge in [0.15, 0.2) is 6.04 Å². The van der Waals surface area contributed by atoms with Crippen LogP contribution < -0.4 is 10.6 Å². The number of quaternary nitrogens is 1. The summed E-state index contributed by atoms with van der Waals surface area (Å²) in [7, 11) is 0. The Morgan fingerprint density at radius 1 is 1.26 bits per heavy atom. The molecule has 0 saturated carbocycles. The Balaban J connectivity index is 1.65. The van der Waals surface area contributed by atoms with Crippen LogP contribution in [0.4, 0.5) is 5.69 Å². The molecule has 3 nitrogen and oxygen atoms in total. The first-order valence-electron chi connectivity index (χ1n) is 8.12. The van der Waals surface area contributed by atoms with Crippen molar-refractivity contribution in [2.24, 2.45) is 0 Å². The summed E-state index contributed by atoms with van der Waals surface area (Å²) in [5.41, 5.74) is 3.54. The summed E-state index contributed by atoms with van der Waals surface area (Å²) in [6.07, 6.45) is 3.44. The molecule has 1 aliphatic carbocycles. The standard InChI is InChI=1S/C19H21ClN2O/c1-13(19(23)22-16-9-5-8-15(20)12-16)21-18-11-4-7-14-6-2-3-10-17(14)18/h2-3,5-6,8-10,12-13,18,21H,4,7,11H2,1H3,(H,22,23)/p+1/t13-,18+/m0/s1. The zero-order chi connectivity index (χ0) is 16.2. The Kier molecular flexibility index (Phi) is 4.99. The first kappa shape index (κ1) is 16.0. The number of halogens is 1. The number of nitrogens with one attached hydrogen (secondary N) is 1. The molecule has 4 heteroatoms. The lowest BCUT2D eigenvalue weighted by Gasteiger charge is -2.26. The summed E-state index contributed by atoms with van der Waals surface area (Å²) in [5.74, 6) is 0.00956. The van der Waals surface area contributed by atoms with Crippen LogP contribution in [0.15, 0.2) is 48.5 Å². The average Bonchev–Trinajstić information content (AvgIpc) is 2.55. The zero-order valence-electron chi connectivity index (χ0n) is 13.3. The number of amides is 1. The van der Waals surface area contributed by atoms with Crippen molar-refractivity contribution in [1.29, 1.82) is 0 Å². The fourth-order valence-electron chi connectivity index (χ4n) is 3.25. The van der Waals surface area contributed by atoms with Crippen molar-refractivity contribution in [3.8, 4) is 0 Å². The summed E-state index contributed by atoms with van der Waals surface area (Å²) in [6, 6.07) is 16.0. The lowest BCUT2D eigenvalue weighted by atomic mass is 9.87. The minimum absolute atomic E-state index is 0.00956. The number of carbonyl (C=O) groups is 1. The second-order valence-electron chi connectivity index (χ2n) is 6.18. The van der Waals surface area contributed by atoms with E-state index in [9.17, 15) is 4.79 Å². The Labute approximate surface area is 142 Å². The Morgan fingerprint density at radius 3 is 2.91 bits per heavy atom. The highest BCUT2D eigenvalue weighted by atomic mass is 35.5. The highest BCUT2D eigenvalue weighted by Gasteiger charge is 2.27. The molecule has 0 aliphatic heterocycles. The minimum atomic E-state index is -0.148. The number of fused-ring (bicyclic) bond motifs is 1. The maximum atomic E-state index is 12.4. The summed E-state index contributed by atoms with van der Waals surface area (Å²) in [4.78, 5) is 12.4. The number of hydrogen-bond acceptors (Lipinski definition) is 1. The molecule has 3 rings (SSSR count). The molecule has 2 aromatic carbocycles. The lowest BCUT2D eigenvalue weighted by molar-refractivity contribution is -0.714. The van der Waals surface area contributed by atoms with E-state index in [1.165, 1.54) is 17.5 Å². The van der Waals surface area contributed by atoms with E-state index < -0.39 is 0 Å². The van der Waals surface area contributed by atoms with Gasteiger partial charge in [0.1, 0.15) is 6.04 Å². The number of aryl methyl sites for hydroxylation is 1. The second kappa shape index (κ2) is 7.16. The van der Waals surface area contributed by atoms with Crippen molar-refractivity contribution in [2.75, 3.05) is 5.32 Å². The van der Waals surface area contributed by atoms with Crippen molar-refractivity contribution in [3.63, 3.8) is 0 Å². The molecule has 0 bridgehead atoms. The maximum Gasteiger partial charge on any atom is 0.282 e. The van der Waals surface area contributed by atoms with Gasteiger partial charge in [0.05, 0.1) is 0 Å². The highest BCUT2D eigenvalue weighted by molar-refractivity contribution is 6.30. The average molecular weight is 330 g/mol. The van der Waals surface area contributed by atoms with E-state index in [-0.39, 0.29) is 11.9 Å². The Bertz CT molecular complexity index is 701. The monoisotopic (exact) mass is 329 g/mol. The summed E-state index contributed by atoms with van der Waals surface area (Å²) in [6.45, 7) is 1.96.